The summed E-state index contributed by atoms with van der Waals surface area (Å²) < 4.78 is 0. The van der Waals surface area contributed by atoms with Gasteiger partial charge in [0, 0.05) is 38.0 Å². The van der Waals surface area contributed by atoms with Crippen molar-refractivity contribution in [3.8, 4) is 0 Å². The largest absolute Gasteiger partial charge is 0.295 e. The molecule has 2 aromatic heterocycles. The zero-order valence-corrected chi connectivity index (χ0v) is 21.2. The summed E-state index contributed by atoms with van der Waals surface area (Å²) in [5.74, 6) is 0.428. The summed E-state index contributed by atoms with van der Waals surface area (Å²) in [6.07, 6.45) is 4.18. The molecule has 3 aliphatic rings. The van der Waals surface area contributed by atoms with E-state index in [4.69, 9.17) is 17.6 Å². The topological polar surface area (TPSA) is 78.4 Å². The van der Waals surface area contributed by atoms with Crippen LogP contribution in [0.1, 0.15) is 52.8 Å². The third-order valence-corrected chi connectivity index (χ3v) is 8.66. The maximum Gasteiger partial charge on any atom is 0.243 e. The normalized spacial score (nSPS) is 23.4. The Kier molecular flexibility index (Phi) is 5.96. The van der Waals surface area contributed by atoms with Crippen molar-refractivity contribution >= 4 is 51.6 Å². The van der Waals surface area contributed by atoms with E-state index in [-0.39, 0.29) is 23.2 Å². The minimum Gasteiger partial charge on any atom is -0.295 e. The molecule has 180 valence electrons. The molecule has 0 spiro atoms. The van der Waals surface area contributed by atoms with Gasteiger partial charge < -0.3 is 0 Å². The highest BCUT2D eigenvalue weighted by atomic mass is 32.1. The van der Waals surface area contributed by atoms with Gasteiger partial charge in [-0.25, -0.2) is 9.97 Å². The van der Waals surface area contributed by atoms with Crippen molar-refractivity contribution in [2.24, 2.45) is 0 Å². The molecule has 7 nitrogen and oxygen atoms in total. The zero-order chi connectivity index (χ0) is 24.1. The molecule has 0 saturated carbocycles. The number of carbonyl (C=O) groups excluding carboxylic acids is 2. The van der Waals surface area contributed by atoms with Crippen molar-refractivity contribution in [2.75, 3.05) is 13.1 Å². The summed E-state index contributed by atoms with van der Waals surface area (Å²) in [5.41, 5.74) is 6.09. The van der Waals surface area contributed by atoms with Gasteiger partial charge in [-0.15, -0.1) is 11.3 Å². The van der Waals surface area contributed by atoms with Crippen molar-refractivity contribution in [1.82, 2.24) is 25.1 Å². The highest BCUT2D eigenvalue weighted by Crippen LogP contribution is 2.41. The summed E-state index contributed by atoms with van der Waals surface area (Å²) in [6, 6.07) is 8.20. The minimum atomic E-state index is -0.318. The number of hydrogen-bond donors (Lipinski definition) is 2. The van der Waals surface area contributed by atoms with E-state index in [1.54, 1.807) is 11.3 Å². The number of fused-ring (bicyclic) bond motifs is 2. The SMILES string of the molecule is Cc1nc(C2=CCN(Cc3cccc4c3CN(C3CCC(=O)NC3=O)C4S)CC2)c2ccsc2n1. The lowest BCUT2D eigenvalue weighted by Crippen LogP contribution is -2.51. The van der Waals surface area contributed by atoms with E-state index < -0.39 is 0 Å². The van der Waals surface area contributed by atoms with Crippen LogP contribution in [-0.2, 0) is 22.7 Å². The van der Waals surface area contributed by atoms with E-state index in [2.05, 4.69) is 55.8 Å². The quantitative estimate of drug-likeness (QED) is 0.415. The number of aryl methyl sites for hydroxylation is 1. The molecule has 2 atom stereocenters. The van der Waals surface area contributed by atoms with Gasteiger partial charge in [0.25, 0.3) is 0 Å². The average Bonchev–Trinajstić information content (AvgIpc) is 3.44. The van der Waals surface area contributed by atoms with Crippen LogP contribution in [0.25, 0.3) is 15.8 Å². The van der Waals surface area contributed by atoms with E-state index in [1.807, 2.05) is 6.92 Å². The van der Waals surface area contributed by atoms with Gasteiger partial charge in [-0.05, 0) is 53.5 Å². The predicted octanol–water partition coefficient (Wildman–Crippen LogP) is 3.84. The van der Waals surface area contributed by atoms with Crippen LogP contribution in [0.15, 0.2) is 35.7 Å². The van der Waals surface area contributed by atoms with E-state index in [1.165, 1.54) is 22.3 Å². The van der Waals surface area contributed by atoms with Crippen LogP contribution < -0.4 is 5.32 Å². The molecule has 1 N–H and O–H groups in total. The van der Waals surface area contributed by atoms with Crippen LogP contribution in [-0.4, -0.2) is 50.7 Å². The fourth-order valence-electron chi connectivity index (χ4n) is 5.48. The Morgan fingerprint density at radius 2 is 2.09 bits per heavy atom. The van der Waals surface area contributed by atoms with Crippen molar-refractivity contribution in [2.45, 2.75) is 50.7 Å². The highest BCUT2D eigenvalue weighted by molar-refractivity contribution is 7.80. The summed E-state index contributed by atoms with van der Waals surface area (Å²) in [6.45, 7) is 5.33. The molecule has 35 heavy (non-hydrogen) atoms. The Hall–Kier alpha value is -2.59. The number of aromatic nitrogens is 2. The fraction of sp³-hybridized carbons (Fsp3) is 0.385. The average molecular weight is 506 g/mol. The van der Waals surface area contributed by atoms with Gasteiger partial charge in [0.15, 0.2) is 0 Å². The first kappa shape index (κ1) is 22.8. The van der Waals surface area contributed by atoms with E-state index in [0.717, 1.165) is 47.8 Å². The Morgan fingerprint density at radius 1 is 1.20 bits per heavy atom. The second-order valence-electron chi connectivity index (χ2n) is 9.47. The number of amides is 2. The Balaban J connectivity index is 1.19. The van der Waals surface area contributed by atoms with Crippen LogP contribution >= 0.6 is 24.0 Å². The van der Waals surface area contributed by atoms with Crippen LogP contribution in [0, 0.1) is 6.92 Å². The number of thiol groups is 1. The van der Waals surface area contributed by atoms with Gasteiger partial charge in [-0.3, -0.25) is 24.7 Å². The van der Waals surface area contributed by atoms with Gasteiger partial charge in [0.2, 0.25) is 11.8 Å². The van der Waals surface area contributed by atoms with Crippen LogP contribution in [0.5, 0.6) is 0 Å². The Labute approximate surface area is 213 Å². The summed E-state index contributed by atoms with van der Waals surface area (Å²) in [5, 5.41) is 5.58. The molecule has 3 aliphatic heterocycles. The maximum absolute atomic E-state index is 12.5. The van der Waals surface area contributed by atoms with Crippen LogP contribution in [0.2, 0.25) is 0 Å². The van der Waals surface area contributed by atoms with Crippen LogP contribution in [0.4, 0.5) is 0 Å². The molecular weight excluding hydrogens is 478 g/mol. The number of nitrogens with zero attached hydrogens (tertiary/aromatic N) is 4. The second-order valence-corrected chi connectivity index (χ2v) is 10.9. The van der Waals surface area contributed by atoms with Crippen molar-refractivity contribution in [3.63, 3.8) is 0 Å². The number of nitrogens with one attached hydrogen (secondary N) is 1. The third kappa shape index (κ3) is 4.20. The lowest BCUT2D eigenvalue weighted by atomic mass is 10.00. The number of piperidine rings is 1. The predicted molar refractivity (Wildman–Crippen MR) is 140 cm³/mol. The second kappa shape index (κ2) is 9.13. The molecule has 9 heteroatoms. The molecule has 1 aromatic carbocycles. The van der Waals surface area contributed by atoms with Gasteiger partial charge in [0.1, 0.15) is 10.7 Å². The maximum atomic E-state index is 12.5. The summed E-state index contributed by atoms with van der Waals surface area (Å²) in [4.78, 5) is 39.1. The molecule has 1 saturated heterocycles. The smallest absolute Gasteiger partial charge is 0.243 e. The van der Waals surface area contributed by atoms with Gasteiger partial charge >= 0.3 is 0 Å². The third-order valence-electron chi connectivity index (χ3n) is 7.28. The number of thiophene rings is 1. The highest BCUT2D eigenvalue weighted by Gasteiger charge is 2.39. The number of carbonyl (C=O) groups is 2. The first-order valence-electron chi connectivity index (χ1n) is 12.0. The number of hydrogen-bond acceptors (Lipinski definition) is 8. The summed E-state index contributed by atoms with van der Waals surface area (Å²) >= 11 is 6.53. The standard InChI is InChI=1S/C26H27N5O2S2/c1-15-27-23(19-9-12-35-25(19)28-15)16-7-10-30(11-8-16)13-17-3-2-4-18-20(17)14-31(26(18)34)21-5-6-22(32)29-24(21)33/h2-4,7,9,12,21,26,34H,5-6,8,10-11,13-14H2,1H3,(H,29,32,33). The van der Waals surface area contributed by atoms with Gasteiger partial charge in [-0.1, -0.05) is 24.3 Å². The first-order chi connectivity index (χ1) is 17.0. The molecule has 0 bridgehead atoms. The van der Waals surface area contributed by atoms with Crippen molar-refractivity contribution in [1.29, 1.82) is 0 Å². The number of rotatable bonds is 4. The number of imide groups is 1. The van der Waals surface area contributed by atoms with Crippen molar-refractivity contribution < 1.29 is 9.59 Å². The Morgan fingerprint density at radius 3 is 2.89 bits per heavy atom. The van der Waals surface area contributed by atoms with E-state index >= 15 is 0 Å². The molecule has 1 fully saturated rings. The summed E-state index contributed by atoms with van der Waals surface area (Å²) in [7, 11) is 0. The lowest BCUT2D eigenvalue weighted by Gasteiger charge is -2.32. The van der Waals surface area contributed by atoms with Crippen LogP contribution in [0.3, 0.4) is 0 Å². The molecule has 2 unspecified atom stereocenters. The van der Waals surface area contributed by atoms with E-state index in [0.29, 0.717) is 19.4 Å². The van der Waals surface area contributed by atoms with Crippen molar-refractivity contribution in [3.05, 3.63) is 63.9 Å². The van der Waals surface area contributed by atoms with E-state index in [9.17, 15) is 9.59 Å². The minimum absolute atomic E-state index is 0.143. The molecule has 3 aromatic rings. The number of benzene rings is 1. The lowest BCUT2D eigenvalue weighted by molar-refractivity contribution is -0.137. The molecule has 5 heterocycles. The molecule has 6 rings (SSSR count). The zero-order valence-electron chi connectivity index (χ0n) is 19.5. The molecular formula is C26H27N5O2S2. The fourth-order valence-corrected chi connectivity index (χ4v) is 6.78. The molecule has 0 aliphatic carbocycles. The Bertz CT molecular complexity index is 1370. The van der Waals surface area contributed by atoms with Gasteiger partial charge in [-0.2, -0.15) is 12.6 Å². The molecule has 2 amide bonds. The van der Waals surface area contributed by atoms with Gasteiger partial charge in [0.05, 0.1) is 17.1 Å². The monoisotopic (exact) mass is 505 g/mol. The molecule has 0 radical (unpaired) electrons. The first-order valence-corrected chi connectivity index (χ1v) is 13.4.